The summed E-state index contributed by atoms with van der Waals surface area (Å²) in [4.78, 5) is 2.34. The van der Waals surface area contributed by atoms with Gasteiger partial charge in [-0.15, -0.1) is 0 Å². The van der Waals surface area contributed by atoms with Gasteiger partial charge in [-0.05, 0) is 115 Å². The molecule has 10 aromatic carbocycles. The van der Waals surface area contributed by atoms with Crippen LogP contribution in [-0.2, 0) is 0 Å². The second-order valence-electron chi connectivity index (χ2n) is 15.3. The molecule has 0 radical (unpaired) electrons. The molecule has 0 N–H and O–H groups in total. The van der Waals surface area contributed by atoms with Crippen LogP contribution in [0.1, 0.15) is 0 Å². The third kappa shape index (κ3) is 6.51. The molecule has 0 aliphatic carbocycles. The molecule has 0 saturated heterocycles. The quantitative estimate of drug-likeness (QED) is 0.153. The molecule has 0 atom stereocenters. The van der Waals surface area contributed by atoms with Crippen molar-refractivity contribution < 1.29 is 4.42 Å². The largest absolute Gasteiger partial charge is 0.455 e. The van der Waals surface area contributed by atoms with Crippen molar-refractivity contribution in [2.24, 2.45) is 0 Å². The van der Waals surface area contributed by atoms with E-state index in [2.05, 4.69) is 241 Å². The molecule has 0 spiro atoms. The zero-order valence-corrected chi connectivity index (χ0v) is 32.9. The Bertz CT molecular complexity index is 3160. The van der Waals surface area contributed by atoms with Crippen LogP contribution in [0.5, 0.6) is 0 Å². The second-order valence-corrected chi connectivity index (χ2v) is 15.3. The summed E-state index contributed by atoms with van der Waals surface area (Å²) in [5, 5.41) is 4.65. The Balaban J connectivity index is 1.03. The molecule has 0 aliphatic rings. The summed E-state index contributed by atoms with van der Waals surface area (Å²) in [5.41, 5.74) is 16.7. The highest BCUT2D eigenvalue weighted by Gasteiger charge is 2.19. The average molecular weight is 766 g/mol. The number of nitrogens with zero attached hydrogens (tertiary/aromatic N) is 1. The van der Waals surface area contributed by atoms with Gasteiger partial charge in [0.1, 0.15) is 11.2 Å². The van der Waals surface area contributed by atoms with Gasteiger partial charge in [0.25, 0.3) is 0 Å². The topological polar surface area (TPSA) is 16.4 Å². The fourth-order valence-corrected chi connectivity index (χ4v) is 8.62. The predicted molar refractivity (Wildman–Crippen MR) is 253 cm³/mol. The molecule has 0 aliphatic heterocycles. The first-order valence-electron chi connectivity index (χ1n) is 20.5. The van der Waals surface area contributed by atoms with E-state index >= 15 is 0 Å². The summed E-state index contributed by atoms with van der Waals surface area (Å²) in [6, 6.07) is 84.7. The van der Waals surface area contributed by atoms with Crippen LogP contribution in [0.15, 0.2) is 241 Å². The Morgan fingerprint density at radius 2 is 0.683 bits per heavy atom. The van der Waals surface area contributed by atoms with Crippen molar-refractivity contribution in [1.82, 2.24) is 0 Å². The number of benzene rings is 10. The first-order chi connectivity index (χ1) is 29.7. The van der Waals surface area contributed by atoms with E-state index in [1.165, 1.54) is 44.2 Å². The molecule has 11 rings (SSSR count). The van der Waals surface area contributed by atoms with E-state index in [0.717, 1.165) is 61.3 Å². The minimum atomic E-state index is 0.894. The van der Waals surface area contributed by atoms with Crippen molar-refractivity contribution in [3.8, 4) is 55.6 Å². The Hall–Kier alpha value is -7.94. The first kappa shape index (κ1) is 35.2. The van der Waals surface area contributed by atoms with Crippen LogP contribution in [-0.4, -0.2) is 0 Å². The minimum absolute atomic E-state index is 0.894. The van der Waals surface area contributed by atoms with E-state index in [0.29, 0.717) is 0 Å². The lowest BCUT2D eigenvalue weighted by Gasteiger charge is -2.26. The van der Waals surface area contributed by atoms with E-state index in [9.17, 15) is 0 Å². The van der Waals surface area contributed by atoms with E-state index in [4.69, 9.17) is 4.42 Å². The Kier molecular flexibility index (Phi) is 8.87. The Morgan fingerprint density at radius 1 is 0.283 bits per heavy atom. The van der Waals surface area contributed by atoms with E-state index in [-0.39, 0.29) is 0 Å². The molecule has 11 aromatic rings. The van der Waals surface area contributed by atoms with Crippen LogP contribution in [0.4, 0.5) is 17.1 Å². The van der Waals surface area contributed by atoms with Crippen LogP contribution in [0, 0.1) is 0 Å². The van der Waals surface area contributed by atoms with Gasteiger partial charge in [-0.3, -0.25) is 0 Å². The molecule has 0 fully saturated rings. The lowest BCUT2D eigenvalue weighted by Crippen LogP contribution is -2.09. The fourth-order valence-electron chi connectivity index (χ4n) is 8.62. The van der Waals surface area contributed by atoms with Gasteiger partial charge in [-0.25, -0.2) is 0 Å². The zero-order valence-electron chi connectivity index (χ0n) is 32.9. The van der Waals surface area contributed by atoms with Gasteiger partial charge in [0.05, 0.1) is 0 Å². The van der Waals surface area contributed by atoms with Crippen molar-refractivity contribution in [1.29, 1.82) is 0 Å². The third-order valence-electron chi connectivity index (χ3n) is 11.7. The second kappa shape index (κ2) is 15.1. The van der Waals surface area contributed by atoms with Crippen LogP contribution in [0.25, 0.3) is 88.3 Å². The van der Waals surface area contributed by atoms with Crippen molar-refractivity contribution in [2.45, 2.75) is 0 Å². The molecule has 0 unspecified atom stereocenters. The number of fused-ring (bicyclic) bond motifs is 5. The van der Waals surface area contributed by atoms with Gasteiger partial charge in [-0.1, -0.05) is 182 Å². The van der Waals surface area contributed by atoms with Crippen molar-refractivity contribution in [2.75, 3.05) is 4.90 Å². The van der Waals surface area contributed by atoms with Gasteiger partial charge < -0.3 is 9.32 Å². The number of furan rings is 1. The SMILES string of the molecule is c1ccc(-c2ccc(-c3cc(-c4ccc(N(c5ccc(-c6ccccc6)cc5)c5ccc(-c6ccccc6)cc5)cc4)cc4c3oc3ccc5ccccc5c34)cc2)cc1. The van der Waals surface area contributed by atoms with Gasteiger partial charge in [0.2, 0.25) is 0 Å². The highest BCUT2D eigenvalue weighted by molar-refractivity contribution is 6.21. The number of hydrogen-bond acceptors (Lipinski definition) is 2. The maximum atomic E-state index is 6.77. The molecule has 282 valence electrons. The summed E-state index contributed by atoms with van der Waals surface area (Å²) in [7, 11) is 0. The Labute approximate surface area is 349 Å². The number of anilines is 3. The summed E-state index contributed by atoms with van der Waals surface area (Å²) in [6.45, 7) is 0. The van der Waals surface area contributed by atoms with Gasteiger partial charge in [0.15, 0.2) is 0 Å². The highest BCUT2D eigenvalue weighted by atomic mass is 16.3. The summed E-state index contributed by atoms with van der Waals surface area (Å²) in [5.74, 6) is 0. The van der Waals surface area contributed by atoms with Crippen LogP contribution in [0.2, 0.25) is 0 Å². The maximum absolute atomic E-state index is 6.77. The fraction of sp³-hybridized carbons (Fsp3) is 0. The normalized spacial score (nSPS) is 11.3. The van der Waals surface area contributed by atoms with E-state index < -0.39 is 0 Å². The molecule has 0 saturated carbocycles. The zero-order chi connectivity index (χ0) is 39.8. The monoisotopic (exact) mass is 765 g/mol. The lowest BCUT2D eigenvalue weighted by atomic mass is 9.93. The molecule has 0 amide bonds. The molecule has 1 heterocycles. The summed E-state index contributed by atoms with van der Waals surface area (Å²) in [6.07, 6.45) is 0. The molecule has 0 bridgehead atoms. The average Bonchev–Trinajstić information content (AvgIpc) is 3.72. The summed E-state index contributed by atoms with van der Waals surface area (Å²) >= 11 is 0. The standard InChI is InChI=1S/C58H39NO/c1-4-12-40(13-5-1)43-20-22-48(23-21-43)54-38-49(39-55-57-53-19-11-10-18-47(53)30-37-56(57)60-58(54)55)46-28-35-52(36-29-46)59(50-31-24-44(25-32-50)41-14-6-2-7-15-41)51-33-26-45(27-34-51)42-16-8-3-9-17-42/h1-39H. The predicted octanol–water partition coefficient (Wildman–Crippen LogP) is 16.5. The number of rotatable bonds is 8. The van der Waals surface area contributed by atoms with Crippen molar-refractivity contribution in [3.05, 3.63) is 237 Å². The Morgan fingerprint density at radius 3 is 1.18 bits per heavy atom. The van der Waals surface area contributed by atoms with Crippen LogP contribution in [0.3, 0.4) is 0 Å². The van der Waals surface area contributed by atoms with E-state index in [1.54, 1.807) is 0 Å². The van der Waals surface area contributed by atoms with E-state index in [1.807, 2.05) is 0 Å². The number of hydrogen-bond donors (Lipinski definition) is 0. The molecular weight excluding hydrogens is 727 g/mol. The van der Waals surface area contributed by atoms with Crippen LogP contribution >= 0.6 is 0 Å². The molecular formula is C58H39NO. The third-order valence-corrected chi connectivity index (χ3v) is 11.7. The van der Waals surface area contributed by atoms with Gasteiger partial charge in [0, 0.05) is 33.4 Å². The minimum Gasteiger partial charge on any atom is -0.455 e. The molecule has 1 aromatic heterocycles. The summed E-state index contributed by atoms with van der Waals surface area (Å²) < 4.78 is 6.77. The van der Waals surface area contributed by atoms with Crippen LogP contribution < -0.4 is 4.90 Å². The smallest absolute Gasteiger partial charge is 0.143 e. The molecule has 60 heavy (non-hydrogen) atoms. The van der Waals surface area contributed by atoms with Gasteiger partial charge >= 0.3 is 0 Å². The van der Waals surface area contributed by atoms with Crippen molar-refractivity contribution in [3.63, 3.8) is 0 Å². The highest BCUT2D eigenvalue weighted by Crippen LogP contribution is 2.43. The molecule has 2 nitrogen and oxygen atoms in total. The molecule has 2 heteroatoms. The lowest BCUT2D eigenvalue weighted by molar-refractivity contribution is 0.670. The van der Waals surface area contributed by atoms with Crippen molar-refractivity contribution >= 4 is 49.8 Å². The van der Waals surface area contributed by atoms with Gasteiger partial charge in [-0.2, -0.15) is 0 Å². The first-order valence-corrected chi connectivity index (χ1v) is 20.5. The maximum Gasteiger partial charge on any atom is 0.143 e.